The summed E-state index contributed by atoms with van der Waals surface area (Å²) in [4.78, 5) is 0. The highest BCUT2D eigenvalue weighted by Crippen LogP contribution is 2.33. The van der Waals surface area contributed by atoms with Crippen LogP contribution in [0.3, 0.4) is 0 Å². The van der Waals surface area contributed by atoms with Gasteiger partial charge in [0.1, 0.15) is 6.04 Å². The first-order chi connectivity index (χ1) is 9.52. The molecule has 0 bridgehead atoms. The fourth-order valence-corrected chi connectivity index (χ4v) is 2.71. The topological polar surface area (TPSA) is 21.3 Å². The molecule has 20 heavy (non-hydrogen) atoms. The van der Waals surface area contributed by atoms with Crippen LogP contribution in [0.15, 0.2) is 30.3 Å². The summed E-state index contributed by atoms with van der Waals surface area (Å²) in [5.74, 6) is 0.161. The van der Waals surface area contributed by atoms with Crippen LogP contribution in [0, 0.1) is 5.92 Å². The molecule has 0 amide bonds. The molecule has 1 heterocycles. The molecule has 5 heteroatoms. The lowest BCUT2D eigenvalue weighted by Gasteiger charge is -2.25. The lowest BCUT2D eigenvalue weighted by atomic mass is 9.98. The highest BCUT2D eigenvalue weighted by atomic mass is 19.4. The van der Waals surface area contributed by atoms with Crippen molar-refractivity contribution < 1.29 is 17.9 Å². The number of ether oxygens (including phenoxy) is 1. The number of hydrogen-bond acceptors (Lipinski definition) is 2. The van der Waals surface area contributed by atoms with Crippen molar-refractivity contribution in [3.8, 4) is 0 Å². The standard InChI is InChI=1S/C15H20F3NO/c1-2-13-12(8-9-20-13)10-19-14(15(16,17)18)11-6-4-3-5-7-11/h3-7,12-14,19H,2,8-10H2,1H3. The Balaban J connectivity index is 2.02. The van der Waals surface area contributed by atoms with Crippen molar-refractivity contribution in [2.24, 2.45) is 5.92 Å². The Bertz CT molecular complexity index is 407. The summed E-state index contributed by atoms with van der Waals surface area (Å²) in [6.07, 6.45) is -2.55. The maximum Gasteiger partial charge on any atom is 0.407 e. The number of hydrogen-bond donors (Lipinski definition) is 1. The van der Waals surface area contributed by atoms with Crippen molar-refractivity contribution >= 4 is 0 Å². The molecule has 0 spiro atoms. The van der Waals surface area contributed by atoms with Crippen molar-refractivity contribution in [2.75, 3.05) is 13.2 Å². The monoisotopic (exact) mass is 287 g/mol. The summed E-state index contributed by atoms with van der Waals surface area (Å²) in [5, 5.41) is 2.68. The molecule has 2 rings (SSSR count). The van der Waals surface area contributed by atoms with E-state index in [2.05, 4.69) is 5.32 Å². The van der Waals surface area contributed by atoms with Crippen molar-refractivity contribution in [1.82, 2.24) is 5.32 Å². The first-order valence-corrected chi connectivity index (χ1v) is 6.99. The second kappa shape index (κ2) is 6.59. The second-order valence-corrected chi connectivity index (χ2v) is 5.16. The molecule has 1 aromatic carbocycles. The average molecular weight is 287 g/mol. The Labute approximate surface area is 117 Å². The van der Waals surface area contributed by atoms with E-state index in [0.29, 0.717) is 13.2 Å². The van der Waals surface area contributed by atoms with Crippen molar-refractivity contribution in [3.63, 3.8) is 0 Å². The molecule has 0 aliphatic carbocycles. The second-order valence-electron chi connectivity index (χ2n) is 5.16. The smallest absolute Gasteiger partial charge is 0.378 e. The minimum Gasteiger partial charge on any atom is -0.378 e. The molecule has 3 atom stereocenters. The van der Waals surface area contributed by atoms with E-state index >= 15 is 0 Å². The van der Waals surface area contributed by atoms with Crippen LogP contribution < -0.4 is 5.32 Å². The SMILES string of the molecule is CCC1OCCC1CNC(c1ccccc1)C(F)(F)F. The van der Waals surface area contributed by atoms with Crippen molar-refractivity contribution in [1.29, 1.82) is 0 Å². The van der Waals surface area contributed by atoms with E-state index in [0.717, 1.165) is 12.8 Å². The quantitative estimate of drug-likeness (QED) is 0.891. The molecule has 0 radical (unpaired) electrons. The van der Waals surface area contributed by atoms with Crippen LogP contribution in [-0.4, -0.2) is 25.4 Å². The zero-order valence-electron chi connectivity index (χ0n) is 11.5. The molecule has 1 N–H and O–H groups in total. The van der Waals surface area contributed by atoms with Gasteiger partial charge >= 0.3 is 6.18 Å². The van der Waals surface area contributed by atoms with Crippen LogP contribution in [0.25, 0.3) is 0 Å². The number of benzene rings is 1. The molecular weight excluding hydrogens is 267 g/mol. The van der Waals surface area contributed by atoms with Crippen LogP contribution >= 0.6 is 0 Å². The summed E-state index contributed by atoms with van der Waals surface area (Å²) in [6.45, 7) is 2.98. The van der Waals surface area contributed by atoms with Gasteiger partial charge in [-0.3, -0.25) is 0 Å². The van der Waals surface area contributed by atoms with E-state index < -0.39 is 12.2 Å². The van der Waals surface area contributed by atoms with Crippen LogP contribution in [0.1, 0.15) is 31.4 Å². The fourth-order valence-electron chi connectivity index (χ4n) is 2.71. The van der Waals surface area contributed by atoms with Gasteiger partial charge in [0.15, 0.2) is 0 Å². The first kappa shape index (κ1) is 15.3. The molecule has 1 saturated heterocycles. The summed E-state index contributed by atoms with van der Waals surface area (Å²) in [6, 6.07) is 6.38. The van der Waals surface area contributed by atoms with Gasteiger partial charge in [0.25, 0.3) is 0 Å². The number of halogens is 3. The third kappa shape index (κ3) is 3.73. The summed E-state index contributed by atoms with van der Waals surface area (Å²) in [7, 11) is 0. The van der Waals surface area contributed by atoms with E-state index in [4.69, 9.17) is 4.74 Å². The Morgan fingerprint density at radius 3 is 2.60 bits per heavy atom. The van der Waals surface area contributed by atoms with Gasteiger partial charge in [-0.1, -0.05) is 37.3 Å². The Hall–Kier alpha value is -1.07. The number of nitrogens with one attached hydrogen (secondary N) is 1. The molecule has 1 fully saturated rings. The van der Waals surface area contributed by atoms with Crippen LogP contribution in [0.5, 0.6) is 0 Å². The largest absolute Gasteiger partial charge is 0.407 e. The van der Waals surface area contributed by atoms with Crippen LogP contribution in [0.2, 0.25) is 0 Å². The van der Waals surface area contributed by atoms with E-state index in [1.807, 2.05) is 6.92 Å². The maximum absolute atomic E-state index is 13.2. The Kier molecular flexibility index (Phi) is 5.05. The van der Waals surface area contributed by atoms with Gasteiger partial charge in [-0.15, -0.1) is 0 Å². The number of alkyl halides is 3. The average Bonchev–Trinajstić information content (AvgIpc) is 2.86. The van der Waals surface area contributed by atoms with Crippen molar-refractivity contribution in [2.45, 2.75) is 38.1 Å². The van der Waals surface area contributed by atoms with Gasteiger partial charge in [0, 0.05) is 13.2 Å². The molecule has 1 aliphatic heterocycles. The predicted octanol–water partition coefficient (Wildman–Crippen LogP) is 3.69. The summed E-state index contributed by atoms with van der Waals surface area (Å²) in [5.41, 5.74) is 0.256. The van der Waals surface area contributed by atoms with Gasteiger partial charge in [0.05, 0.1) is 6.10 Å². The molecule has 0 aromatic heterocycles. The molecule has 3 unspecified atom stereocenters. The summed E-state index contributed by atoms with van der Waals surface area (Å²) < 4.78 is 45.0. The van der Waals surface area contributed by atoms with Gasteiger partial charge in [0.2, 0.25) is 0 Å². The Morgan fingerprint density at radius 2 is 2.00 bits per heavy atom. The predicted molar refractivity (Wildman–Crippen MR) is 71.4 cm³/mol. The Morgan fingerprint density at radius 1 is 1.30 bits per heavy atom. The molecule has 2 nitrogen and oxygen atoms in total. The maximum atomic E-state index is 13.2. The van der Waals surface area contributed by atoms with Gasteiger partial charge in [-0.2, -0.15) is 13.2 Å². The molecular formula is C15H20F3NO. The first-order valence-electron chi connectivity index (χ1n) is 6.99. The van der Waals surface area contributed by atoms with Gasteiger partial charge in [-0.05, 0) is 24.3 Å². The minimum absolute atomic E-state index is 0.0761. The number of rotatable bonds is 5. The molecule has 0 saturated carbocycles. The fraction of sp³-hybridized carbons (Fsp3) is 0.600. The van der Waals surface area contributed by atoms with E-state index in [1.165, 1.54) is 12.1 Å². The highest BCUT2D eigenvalue weighted by Gasteiger charge is 2.41. The minimum atomic E-state index is -4.29. The lowest BCUT2D eigenvalue weighted by molar-refractivity contribution is -0.158. The molecule has 1 aromatic rings. The van der Waals surface area contributed by atoms with Crippen molar-refractivity contribution in [3.05, 3.63) is 35.9 Å². The van der Waals surface area contributed by atoms with Gasteiger partial charge < -0.3 is 10.1 Å². The third-order valence-corrected chi connectivity index (χ3v) is 3.79. The normalized spacial score (nSPS) is 24.8. The third-order valence-electron chi connectivity index (χ3n) is 3.79. The zero-order valence-corrected chi connectivity index (χ0v) is 11.5. The molecule has 112 valence electrons. The van der Waals surface area contributed by atoms with Crippen LogP contribution in [0.4, 0.5) is 13.2 Å². The summed E-state index contributed by atoms with van der Waals surface area (Å²) >= 11 is 0. The van der Waals surface area contributed by atoms with Crippen LogP contribution in [-0.2, 0) is 4.74 Å². The van der Waals surface area contributed by atoms with E-state index in [-0.39, 0.29) is 17.6 Å². The van der Waals surface area contributed by atoms with E-state index in [9.17, 15) is 13.2 Å². The zero-order chi connectivity index (χ0) is 14.6. The van der Waals surface area contributed by atoms with E-state index in [1.54, 1.807) is 18.2 Å². The molecule has 1 aliphatic rings. The van der Waals surface area contributed by atoms with Gasteiger partial charge in [-0.25, -0.2) is 0 Å². The lowest BCUT2D eigenvalue weighted by Crippen LogP contribution is -2.38. The highest BCUT2D eigenvalue weighted by molar-refractivity contribution is 5.20.